The predicted octanol–water partition coefficient (Wildman–Crippen LogP) is 2.04. The Labute approximate surface area is 200 Å². The van der Waals surface area contributed by atoms with Gasteiger partial charge in [0.2, 0.25) is 0 Å². The molecule has 2 saturated heterocycles. The Morgan fingerprint density at radius 2 is 1.82 bits per heavy atom. The highest BCUT2D eigenvalue weighted by atomic mass is 16.5. The third-order valence-electron chi connectivity index (χ3n) is 6.75. The van der Waals surface area contributed by atoms with E-state index in [0.717, 1.165) is 56.0 Å². The second-order valence-corrected chi connectivity index (χ2v) is 9.05. The van der Waals surface area contributed by atoms with Gasteiger partial charge in [0, 0.05) is 18.5 Å². The number of Topliss-reactive ketones (excluding diaryl/α,β-unsaturated/α-hetero) is 1. The number of nitrogens with one attached hydrogen (secondary N) is 1. The number of amides is 1. The van der Waals surface area contributed by atoms with Crippen molar-refractivity contribution >= 4 is 17.4 Å². The molecule has 180 valence electrons. The number of aliphatic hydroxyl groups is 1. The molecule has 2 aromatic rings. The number of carbonyl (C=O) groups excluding carboxylic acids is 2. The van der Waals surface area contributed by atoms with Crippen molar-refractivity contribution in [3.8, 4) is 5.75 Å². The zero-order chi connectivity index (χ0) is 24.2. The number of carbonyl (C=O) groups is 2. The number of methoxy groups -OCH3 is 1. The number of rotatable bonds is 7. The number of ether oxygens (including phenoxy) is 2. The molecule has 0 aliphatic carbocycles. The van der Waals surface area contributed by atoms with Gasteiger partial charge in [0.15, 0.2) is 0 Å². The van der Waals surface area contributed by atoms with Crippen LogP contribution in [-0.2, 0) is 14.3 Å². The quantitative estimate of drug-likeness (QED) is 0.372. The molecule has 4 rings (SSSR count). The van der Waals surface area contributed by atoms with Crippen molar-refractivity contribution in [2.45, 2.75) is 26.3 Å². The molecule has 0 bridgehead atoms. The molecule has 2 N–H and O–H groups in total. The molecule has 2 aliphatic rings. The number of hydrogen-bond donors (Lipinski definition) is 2. The number of hydrogen-bond acceptors (Lipinski definition) is 5. The highest BCUT2D eigenvalue weighted by Crippen LogP contribution is 2.40. The maximum atomic E-state index is 13.2. The Morgan fingerprint density at radius 1 is 1.12 bits per heavy atom. The minimum atomic E-state index is -0.642. The van der Waals surface area contributed by atoms with E-state index < -0.39 is 17.7 Å². The fourth-order valence-electron chi connectivity index (χ4n) is 4.79. The zero-order valence-electron chi connectivity index (χ0n) is 20.1. The minimum Gasteiger partial charge on any atom is -0.507 e. The van der Waals surface area contributed by atoms with Gasteiger partial charge >= 0.3 is 0 Å². The summed E-state index contributed by atoms with van der Waals surface area (Å²) in [6, 6.07) is 12.4. The smallest absolute Gasteiger partial charge is 0.295 e. The van der Waals surface area contributed by atoms with Crippen molar-refractivity contribution in [3.63, 3.8) is 0 Å². The fourth-order valence-corrected chi connectivity index (χ4v) is 4.79. The summed E-state index contributed by atoms with van der Waals surface area (Å²) in [7, 11) is 1.58. The van der Waals surface area contributed by atoms with Crippen LogP contribution in [0.5, 0.6) is 5.75 Å². The molecule has 0 radical (unpaired) electrons. The maximum Gasteiger partial charge on any atom is 0.295 e. The number of ketones is 1. The highest BCUT2D eigenvalue weighted by molar-refractivity contribution is 6.46. The monoisotopic (exact) mass is 465 g/mol. The minimum absolute atomic E-state index is 0.140. The van der Waals surface area contributed by atoms with E-state index in [-0.39, 0.29) is 11.3 Å². The van der Waals surface area contributed by atoms with E-state index in [9.17, 15) is 14.7 Å². The number of likely N-dealkylation sites (tertiary alicyclic amines) is 1. The van der Waals surface area contributed by atoms with Crippen LogP contribution in [0.1, 0.15) is 34.7 Å². The summed E-state index contributed by atoms with van der Waals surface area (Å²) in [5, 5.41) is 11.3. The van der Waals surface area contributed by atoms with E-state index in [1.54, 1.807) is 30.2 Å². The van der Waals surface area contributed by atoms with E-state index in [1.807, 2.05) is 38.1 Å². The molecule has 2 aliphatic heterocycles. The van der Waals surface area contributed by atoms with Crippen LogP contribution < -0.4 is 9.64 Å². The Kier molecular flexibility index (Phi) is 7.34. The molecule has 7 nitrogen and oxygen atoms in total. The van der Waals surface area contributed by atoms with Gasteiger partial charge in [-0.05, 0) is 43.2 Å². The van der Waals surface area contributed by atoms with Gasteiger partial charge in [-0.3, -0.25) is 9.59 Å². The average Bonchev–Trinajstić information content (AvgIpc) is 3.09. The van der Waals surface area contributed by atoms with E-state index in [0.29, 0.717) is 17.9 Å². The van der Waals surface area contributed by atoms with Gasteiger partial charge in [-0.25, -0.2) is 0 Å². The summed E-state index contributed by atoms with van der Waals surface area (Å²) in [4.78, 5) is 29.4. The number of aliphatic hydroxyl groups excluding tert-OH is 1. The van der Waals surface area contributed by atoms with Crippen molar-refractivity contribution in [3.05, 3.63) is 70.3 Å². The Hall–Kier alpha value is -3.16. The van der Waals surface area contributed by atoms with Gasteiger partial charge in [0.05, 0.1) is 38.5 Å². The van der Waals surface area contributed by atoms with Gasteiger partial charge in [0.25, 0.3) is 11.7 Å². The van der Waals surface area contributed by atoms with Crippen LogP contribution in [0.3, 0.4) is 0 Å². The van der Waals surface area contributed by atoms with Crippen LogP contribution in [0.25, 0.3) is 5.76 Å². The summed E-state index contributed by atoms with van der Waals surface area (Å²) in [6.45, 7) is 8.62. The standard InChI is InChI=1S/C27H32N2O5/c1-18-5-7-20(8-6-18)24-23(25(30)22-10-9-21(33-3)17-19(22)2)26(31)27(32)29(24)12-4-11-28-13-15-34-16-14-28/h5-10,17,24,30H,4,11-16H2,1-3H3/p+1. The maximum absolute atomic E-state index is 13.2. The average molecular weight is 466 g/mol. The predicted molar refractivity (Wildman–Crippen MR) is 129 cm³/mol. The molecule has 0 aromatic heterocycles. The Morgan fingerprint density at radius 3 is 2.47 bits per heavy atom. The van der Waals surface area contributed by atoms with Gasteiger partial charge in [-0.15, -0.1) is 0 Å². The van der Waals surface area contributed by atoms with Crippen LogP contribution >= 0.6 is 0 Å². The van der Waals surface area contributed by atoms with Crippen molar-refractivity contribution in [1.82, 2.24) is 4.90 Å². The zero-order valence-corrected chi connectivity index (χ0v) is 20.1. The van der Waals surface area contributed by atoms with Crippen molar-refractivity contribution in [1.29, 1.82) is 0 Å². The third kappa shape index (κ3) is 4.86. The first-order chi connectivity index (χ1) is 16.4. The lowest BCUT2D eigenvalue weighted by Gasteiger charge is -2.27. The summed E-state index contributed by atoms with van der Waals surface area (Å²) < 4.78 is 10.7. The Balaban J connectivity index is 1.69. The van der Waals surface area contributed by atoms with Gasteiger partial charge in [-0.2, -0.15) is 0 Å². The van der Waals surface area contributed by atoms with Crippen LogP contribution in [0.4, 0.5) is 0 Å². The molecule has 1 amide bonds. The molecule has 0 saturated carbocycles. The summed E-state index contributed by atoms with van der Waals surface area (Å²) >= 11 is 0. The number of benzene rings is 2. The van der Waals surface area contributed by atoms with E-state index in [2.05, 4.69) is 0 Å². The molecule has 2 fully saturated rings. The van der Waals surface area contributed by atoms with Crippen molar-refractivity contribution in [2.75, 3.05) is 46.5 Å². The normalized spacial score (nSPS) is 20.7. The van der Waals surface area contributed by atoms with Crippen LogP contribution in [0, 0.1) is 13.8 Å². The van der Waals surface area contributed by atoms with Crippen molar-refractivity contribution < 1.29 is 29.1 Å². The number of aryl methyl sites for hydroxylation is 2. The molecule has 2 heterocycles. The van der Waals surface area contributed by atoms with Crippen LogP contribution in [0.2, 0.25) is 0 Å². The number of morpholine rings is 1. The lowest BCUT2D eigenvalue weighted by molar-refractivity contribution is -0.908. The molecule has 0 spiro atoms. The summed E-state index contributed by atoms with van der Waals surface area (Å²) in [5.41, 5.74) is 3.33. The van der Waals surface area contributed by atoms with Crippen LogP contribution in [-0.4, -0.2) is 68.2 Å². The number of nitrogens with zero attached hydrogens (tertiary/aromatic N) is 1. The fraction of sp³-hybridized carbons (Fsp3) is 0.407. The van der Waals surface area contributed by atoms with Gasteiger partial charge < -0.3 is 24.4 Å². The number of quaternary nitrogens is 1. The van der Waals surface area contributed by atoms with E-state index >= 15 is 0 Å². The van der Waals surface area contributed by atoms with Gasteiger partial charge in [-0.1, -0.05) is 29.8 Å². The lowest BCUT2D eigenvalue weighted by Crippen LogP contribution is -3.14. The molecule has 1 unspecified atom stereocenters. The van der Waals surface area contributed by atoms with E-state index in [1.165, 1.54) is 4.90 Å². The lowest BCUT2D eigenvalue weighted by atomic mass is 9.93. The second-order valence-electron chi connectivity index (χ2n) is 9.05. The highest BCUT2D eigenvalue weighted by Gasteiger charge is 2.46. The summed E-state index contributed by atoms with van der Waals surface area (Å²) in [6.07, 6.45) is 0.770. The SMILES string of the molecule is COc1ccc(C(O)=C2C(=O)C(=O)N(CCC[NH+]3CCOCC3)C2c2ccc(C)cc2)c(C)c1. The molecule has 2 aromatic carbocycles. The first-order valence-electron chi connectivity index (χ1n) is 11.8. The van der Waals surface area contributed by atoms with Crippen molar-refractivity contribution in [2.24, 2.45) is 0 Å². The van der Waals surface area contributed by atoms with Crippen LogP contribution in [0.15, 0.2) is 48.0 Å². The Bertz CT molecular complexity index is 1090. The largest absolute Gasteiger partial charge is 0.507 e. The molecular weight excluding hydrogens is 432 g/mol. The molecule has 1 atom stereocenters. The third-order valence-corrected chi connectivity index (χ3v) is 6.75. The summed E-state index contributed by atoms with van der Waals surface area (Å²) in [5.74, 6) is -0.687. The van der Waals surface area contributed by atoms with E-state index in [4.69, 9.17) is 9.47 Å². The topological polar surface area (TPSA) is 80.5 Å². The van der Waals surface area contributed by atoms with Gasteiger partial charge in [0.1, 0.15) is 24.6 Å². The molecular formula is C27H33N2O5+. The molecule has 7 heteroatoms. The second kappa shape index (κ2) is 10.4. The first kappa shape index (κ1) is 24.0. The molecule has 34 heavy (non-hydrogen) atoms. The first-order valence-corrected chi connectivity index (χ1v) is 11.8.